The van der Waals surface area contributed by atoms with Crippen LogP contribution in [0.15, 0.2) is 23.1 Å². The van der Waals surface area contributed by atoms with Crippen LogP contribution in [0.3, 0.4) is 0 Å². The van der Waals surface area contributed by atoms with Gasteiger partial charge >= 0.3 is 53.6 Å². The van der Waals surface area contributed by atoms with E-state index in [1.807, 2.05) is 18.2 Å². The number of nitrogens with zero attached hydrogens (tertiary/aromatic N) is 2. The second kappa shape index (κ2) is 11.0. The number of carbonyl (C=O) groups is 1. The first kappa shape index (κ1) is 16.4. The molecular formula is C6H8GeN2O7. The molecule has 0 saturated carbocycles. The number of carbonyl (C=O) groups excluding carboxylic acids is 1. The normalized spacial score (nSPS) is 10.9. The van der Waals surface area contributed by atoms with Crippen LogP contribution in [0.1, 0.15) is 0 Å². The van der Waals surface area contributed by atoms with Crippen molar-refractivity contribution in [3.63, 3.8) is 0 Å². The Morgan fingerprint density at radius 3 is 1.81 bits per heavy atom. The van der Waals surface area contributed by atoms with E-state index in [2.05, 4.69) is 4.91 Å². The van der Waals surface area contributed by atoms with E-state index in [4.69, 9.17) is 30.6 Å². The molecule has 2 N–H and O–H groups in total. The standard InChI is InChI=1S/C6H6GeO.2HNO3/c8-5-6-3-1-2-4-7-6;2*2-1(3)4/h1-5,7H;2*(H,2,3,4). The predicted octanol–water partition coefficient (Wildman–Crippen LogP) is -0.818. The fourth-order valence-corrected chi connectivity index (χ4v) is 2.13. The van der Waals surface area contributed by atoms with Crippen LogP contribution in [-0.4, -0.2) is 46.2 Å². The zero-order chi connectivity index (χ0) is 13.0. The van der Waals surface area contributed by atoms with Gasteiger partial charge in [0.15, 0.2) is 0 Å². The maximum atomic E-state index is 10.1. The SMILES string of the molecule is O=C[C]1=[GeH][CH]=CC=C1.O=[N+]([O-])O.O=[N+]([O-])O. The average Bonchev–Trinajstić information content (AvgIpc) is 2.17. The van der Waals surface area contributed by atoms with E-state index >= 15 is 0 Å². The summed E-state index contributed by atoms with van der Waals surface area (Å²) in [4.78, 5) is 28.9. The summed E-state index contributed by atoms with van der Waals surface area (Å²) in [6.07, 6.45) is 6.77. The van der Waals surface area contributed by atoms with Crippen LogP contribution in [0.5, 0.6) is 0 Å². The summed E-state index contributed by atoms with van der Waals surface area (Å²) in [7, 11) is 0. The third kappa shape index (κ3) is 22.7. The first-order valence-corrected chi connectivity index (χ1v) is 6.18. The molecule has 0 radical (unpaired) electrons. The monoisotopic (exact) mass is 294 g/mol. The predicted molar refractivity (Wildman–Crippen MR) is 54.1 cm³/mol. The molecule has 0 unspecified atom stereocenters. The van der Waals surface area contributed by atoms with Gasteiger partial charge in [-0.1, -0.05) is 0 Å². The summed E-state index contributed by atoms with van der Waals surface area (Å²) in [5, 5.41) is 27.3. The summed E-state index contributed by atoms with van der Waals surface area (Å²) < 4.78 is 1.01. The zero-order valence-corrected chi connectivity index (χ0v) is 10.2. The molecule has 10 heteroatoms. The fraction of sp³-hybridized carbons (Fsp3) is 0. The molecule has 9 nitrogen and oxygen atoms in total. The van der Waals surface area contributed by atoms with E-state index in [1.165, 1.54) is 0 Å². The Morgan fingerprint density at radius 1 is 1.19 bits per heavy atom. The van der Waals surface area contributed by atoms with Crippen molar-refractivity contribution >= 4 is 25.6 Å². The number of hydrogen-bond acceptors (Lipinski definition) is 5. The van der Waals surface area contributed by atoms with Crippen LogP contribution >= 0.6 is 0 Å². The number of rotatable bonds is 1. The van der Waals surface area contributed by atoms with E-state index in [1.54, 1.807) is 0 Å². The zero-order valence-electron chi connectivity index (χ0n) is 7.79. The summed E-state index contributed by atoms with van der Waals surface area (Å²) in [5.41, 5.74) is 0. The molecule has 16 heavy (non-hydrogen) atoms. The molecular weight excluding hydrogens is 285 g/mol. The number of aldehydes is 1. The number of allylic oxidation sites excluding steroid dienone is 3. The molecule has 0 bridgehead atoms. The Bertz CT molecular complexity index is 316. The first-order chi connectivity index (χ1) is 7.40. The van der Waals surface area contributed by atoms with Gasteiger partial charge in [0.05, 0.1) is 0 Å². The van der Waals surface area contributed by atoms with Crippen molar-refractivity contribution in [3.05, 3.63) is 43.4 Å². The average molecular weight is 293 g/mol. The van der Waals surface area contributed by atoms with Crippen LogP contribution in [0, 0.1) is 20.2 Å². The van der Waals surface area contributed by atoms with Crippen molar-refractivity contribution in [2.45, 2.75) is 0 Å². The van der Waals surface area contributed by atoms with Crippen LogP contribution < -0.4 is 0 Å². The molecule has 88 valence electrons. The van der Waals surface area contributed by atoms with Crippen LogP contribution in [0.2, 0.25) is 0 Å². The van der Waals surface area contributed by atoms with Crippen molar-refractivity contribution in [1.29, 1.82) is 0 Å². The Kier molecular flexibility index (Phi) is 11.3. The molecule has 0 spiro atoms. The molecule has 0 saturated heterocycles. The molecule has 0 aromatic carbocycles. The van der Waals surface area contributed by atoms with Gasteiger partial charge in [0, 0.05) is 0 Å². The van der Waals surface area contributed by atoms with Gasteiger partial charge in [-0.05, 0) is 0 Å². The molecule has 0 amide bonds. The number of hydrogen-bond donors (Lipinski definition) is 2. The molecule has 1 aliphatic rings. The van der Waals surface area contributed by atoms with E-state index in [9.17, 15) is 4.79 Å². The molecule has 0 fully saturated rings. The minimum Gasteiger partial charge on any atom is -0.328 e. The molecule has 0 atom stereocenters. The van der Waals surface area contributed by atoms with E-state index in [-0.39, 0.29) is 0 Å². The quantitative estimate of drug-likeness (QED) is 0.278. The summed E-state index contributed by atoms with van der Waals surface area (Å²) in [6, 6.07) is 0. The topological polar surface area (TPSA) is 144 Å². The largest absolute Gasteiger partial charge is 0.328 e. The maximum absolute atomic E-state index is 10.1. The van der Waals surface area contributed by atoms with Crippen molar-refractivity contribution in [3.8, 4) is 0 Å². The second-order valence-electron chi connectivity index (χ2n) is 2.00. The van der Waals surface area contributed by atoms with Crippen molar-refractivity contribution in [2.75, 3.05) is 0 Å². The molecule has 0 aromatic rings. The summed E-state index contributed by atoms with van der Waals surface area (Å²) >= 11 is -0.432. The molecule has 1 aliphatic heterocycles. The molecule has 1 heterocycles. The van der Waals surface area contributed by atoms with E-state index in [0.29, 0.717) is 0 Å². The van der Waals surface area contributed by atoms with Gasteiger partial charge in [0.2, 0.25) is 0 Å². The van der Waals surface area contributed by atoms with Gasteiger partial charge in [-0.3, -0.25) is 0 Å². The Hall–Kier alpha value is -2.04. The van der Waals surface area contributed by atoms with Crippen molar-refractivity contribution < 1.29 is 25.4 Å². The summed E-state index contributed by atoms with van der Waals surface area (Å²) in [6.45, 7) is 0. The smallest absolute Gasteiger partial charge is 0.291 e. The van der Waals surface area contributed by atoms with Crippen molar-refractivity contribution in [1.82, 2.24) is 0 Å². The van der Waals surface area contributed by atoms with Gasteiger partial charge in [0.25, 0.3) is 10.2 Å². The van der Waals surface area contributed by atoms with Crippen LogP contribution in [0.25, 0.3) is 0 Å². The van der Waals surface area contributed by atoms with Gasteiger partial charge in [0.1, 0.15) is 0 Å². The Labute approximate surface area is 94.9 Å². The van der Waals surface area contributed by atoms with Crippen LogP contribution in [-0.2, 0) is 4.79 Å². The van der Waals surface area contributed by atoms with Crippen molar-refractivity contribution in [2.24, 2.45) is 0 Å². The van der Waals surface area contributed by atoms with Gasteiger partial charge < -0.3 is 10.4 Å². The third-order valence-electron chi connectivity index (χ3n) is 0.936. The summed E-state index contributed by atoms with van der Waals surface area (Å²) in [5.74, 6) is 0. The minimum atomic E-state index is -1.50. The van der Waals surface area contributed by atoms with Gasteiger partial charge in [-0.15, -0.1) is 20.2 Å². The Morgan fingerprint density at radius 2 is 1.62 bits per heavy atom. The third-order valence-corrected chi connectivity index (χ3v) is 3.30. The van der Waals surface area contributed by atoms with Gasteiger partial charge in [-0.25, -0.2) is 0 Å². The van der Waals surface area contributed by atoms with Crippen LogP contribution in [0.4, 0.5) is 0 Å². The molecule has 0 aromatic heterocycles. The van der Waals surface area contributed by atoms with E-state index < -0.39 is 25.2 Å². The van der Waals surface area contributed by atoms with Gasteiger partial charge in [-0.2, -0.15) is 0 Å². The fourth-order valence-electron chi connectivity index (χ4n) is 0.532. The maximum Gasteiger partial charge on any atom is 0.291 e. The minimum absolute atomic E-state index is 0.432. The molecule has 0 aliphatic carbocycles. The Balaban J connectivity index is 0. The second-order valence-corrected chi connectivity index (χ2v) is 4.91. The first-order valence-electron chi connectivity index (χ1n) is 3.57. The molecule has 1 rings (SSSR count). The van der Waals surface area contributed by atoms with E-state index in [0.717, 1.165) is 10.6 Å².